The Morgan fingerprint density at radius 2 is 1.77 bits per heavy atom. The first-order chi connectivity index (χ1) is 10.6. The van der Waals surface area contributed by atoms with E-state index in [0.717, 1.165) is 38.2 Å². The molecule has 2 aliphatic heterocycles. The van der Waals surface area contributed by atoms with E-state index in [9.17, 15) is 13.6 Å². The van der Waals surface area contributed by atoms with Crippen molar-refractivity contribution in [3.63, 3.8) is 0 Å². The lowest BCUT2D eigenvalue weighted by Crippen LogP contribution is -2.36. The quantitative estimate of drug-likeness (QED) is 0.857. The summed E-state index contributed by atoms with van der Waals surface area (Å²) >= 11 is 0. The van der Waals surface area contributed by atoms with E-state index in [4.69, 9.17) is 0 Å². The molecule has 0 N–H and O–H groups in total. The molecule has 0 saturated carbocycles. The Labute approximate surface area is 129 Å². The number of carbonyl (C=O) groups is 1. The van der Waals surface area contributed by atoms with Gasteiger partial charge in [0.1, 0.15) is 17.2 Å². The van der Waals surface area contributed by atoms with Crippen molar-refractivity contribution in [3.8, 4) is 0 Å². The van der Waals surface area contributed by atoms with Crippen LogP contribution in [0.4, 0.5) is 8.78 Å². The van der Waals surface area contributed by atoms with Crippen LogP contribution in [0.1, 0.15) is 36.0 Å². The molecule has 0 aromatic heterocycles. The molecule has 2 aliphatic rings. The molecular weight excluding hydrogens is 286 g/mol. The summed E-state index contributed by atoms with van der Waals surface area (Å²) in [4.78, 5) is 16.4. The lowest BCUT2D eigenvalue weighted by atomic mass is 10.1. The topological polar surface area (TPSA) is 23.6 Å². The fourth-order valence-electron chi connectivity index (χ4n) is 3.53. The minimum atomic E-state index is -0.774. The van der Waals surface area contributed by atoms with E-state index in [-0.39, 0.29) is 0 Å². The van der Waals surface area contributed by atoms with Crippen LogP contribution in [-0.4, -0.2) is 48.4 Å². The summed E-state index contributed by atoms with van der Waals surface area (Å²) in [7, 11) is 0. The molecular formula is C17H22F2N2O. The summed E-state index contributed by atoms with van der Waals surface area (Å²) in [6, 6.07) is 3.56. The van der Waals surface area contributed by atoms with Gasteiger partial charge in [0.2, 0.25) is 0 Å². The molecule has 0 aliphatic carbocycles. The van der Waals surface area contributed by atoms with Gasteiger partial charge < -0.3 is 9.80 Å². The predicted molar refractivity (Wildman–Crippen MR) is 80.7 cm³/mol. The molecule has 1 amide bonds. The van der Waals surface area contributed by atoms with Crippen LogP contribution in [0.3, 0.4) is 0 Å². The standard InChI is InChI=1S/C17H22F2N2O/c18-14-5-4-6-15(19)16(14)17(22)21-10-7-13(12-21)11-20-8-2-1-3-9-20/h4-6,13H,1-3,7-12H2. The highest BCUT2D eigenvalue weighted by Crippen LogP contribution is 2.23. The fourth-order valence-corrected chi connectivity index (χ4v) is 3.53. The van der Waals surface area contributed by atoms with Gasteiger partial charge in [0.05, 0.1) is 0 Å². The second-order valence-electron chi connectivity index (χ2n) is 6.36. The summed E-state index contributed by atoms with van der Waals surface area (Å²) in [5.74, 6) is -1.65. The first-order valence-corrected chi connectivity index (χ1v) is 8.11. The van der Waals surface area contributed by atoms with Gasteiger partial charge in [-0.3, -0.25) is 4.79 Å². The Kier molecular flexibility index (Phi) is 4.71. The zero-order valence-electron chi connectivity index (χ0n) is 12.7. The number of carbonyl (C=O) groups excluding carboxylic acids is 1. The highest BCUT2D eigenvalue weighted by molar-refractivity contribution is 5.94. The number of amides is 1. The third kappa shape index (κ3) is 3.29. The van der Waals surface area contributed by atoms with Crippen molar-refractivity contribution in [1.82, 2.24) is 9.80 Å². The molecule has 3 nitrogen and oxygen atoms in total. The molecule has 2 saturated heterocycles. The second kappa shape index (κ2) is 6.73. The summed E-state index contributed by atoms with van der Waals surface area (Å²) in [5.41, 5.74) is -0.416. The second-order valence-corrected chi connectivity index (χ2v) is 6.36. The van der Waals surface area contributed by atoms with Crippen molar-refractivity contribution in [3.05, 3.63) is 35.4 Å². The predicted octanol–water partition coefficient (Wildman–Crippen LogP) is 2.91. The SMILES string of the molecule is O=C(c1c(F)cccc1F)N1CCC(CN2CCCCC2)C1. The Morgan fingerprint density at radius 1 is 1.09 bits per heavy atom. The zero-order chi connectivity index (χ0) is 15.5. The molecule has 1 atom stereocenters. The van der Waals surface area contributed by atoms with Crippen LogP contribution >= 0.6 is 0 Å². The van der Waals surface area contributed by atoms with E-state index in [1.165, 1.54) is 25.3 Å². The molecule has 1 aromatic rings. The van der Waals surface area contributed by atoms with Crippen LogP contribution < -0.4 is 0 Å². The average molecular weight is 308 g/mol. The van der Waals surface area contributed by atoms with Gasteiger partial charge in [0.25, 0.3) is 5.91 Å². The number of halogens is 2. The van der Waals surface area contributed by atoms with Gasteiger partial charge in [-0.05, 0) is 50.4 Å². The summed E-state index contributed by atoms with van der Waals surface area (Å²) < 4.78 is 27.5. The third-order valence-corrected chi connectivity index (χ3v) is 4.71. The number of hydrogen-bond donors (Lipinski definition) is 0. The molecule has 2 fully saturated rings. The van der Waals surface area contributed by atoms with E-state index in [2.05, 4.69) is 4.90 Å². The summed E-state index contributed by atoms with van der Waals surface area (Å²) in [6.07, 6.45) is 4.71. The van der Waals surface area contributed by atoms with E-state index in [1.807, 2.05) is 0 Å². The minimum Gasteiger partial charge on any atom is -0.338 e. The van der Waals surface area contributed by atoms with Crippen LogP contribution in [0.25, 0.3) is 0 Å². The summed E-state index contributed by atoms with van der Waals surface area (Å²) in [6.45, 7) is 4.44. The van der Waals surface area contributed by atoms with E-state index < -0.39 is 23.1 Å². The number of benzene rings is 1. The van der Waals surface area contributed by atoms with Gasteiger partial charge in [-0.2, -0.15) is 0 Å². The monoisotopic (exact) mass is 308 g/mol. The number of rotatable bonds is 3. The summed E-state index contributed by atoms with van der Waals surface area (Å²) in [5, 5.41) is 0. The first-order valence-electron chi connectivity index (χ1n) is 8.11. The van der Waals surface area contributed by atoms with E-state index in [1.54, 1.807) is 4.90 Å². The molecule has 3 rings (SSSR count). The Bertz CT molecular complexity index is 523. The van der Waals surface area contributed by atoms with Crippen LogP contribution in [0.15, 0.2) is 18.2 Å². The molecule has 0 bridgehead atoms. The molecule has 1 unspecified atom stereocenters. The largest absolute Gasteiger partial charge is 0.338 e. The minimum absolute atomic E-state index is 0.414. The zero-order valence-corrected chi connectivity index (χ0v) is 12.7. The van der Waals surface area contributed by atoms with Crippen molar-refractivity contribution in [2.24, 2.45) is 5.92 Å². The maximum atomic E-state index is 13.7. The van der Waals surface area contributed by atoms with Crippen LogP contribution in [0.2, 0.25) is 0 Å². The van der Waals surface area contributed by atoms with Gasteiger partial charge in [-0.25, -0.2) is 8.78 Å². The van der Waals surface area contributed by atoms with E-state index in [0.29, 0.717) is 19.0 Å². The van der Waals surface area contributed by atoms with Crippen molar-refractivity contribution in [2.45, 2.75) is 25.7 Å². The van der Waals surface area contributed by atoms with Crippen molar-refractivity contribution in [2.75, 3.05) is 32.7 Å². The molecule has 22 heavy (non-hydrogen) atoms. The maximum Gasteiger partial charge on any atom is 0.259 e. The highest BCUT2D eigenvalue weighted by atomic mass is 19.1. The van der Waals surface area contributed by atoms with Crippen LogP contribution in [0.5, 0.6) is 0 Å². The lowest BCUT2D eigenvalue weighted by molar-refractivity contribution is 0.0772. The normalized spacial score (nSPS) is 23.0. The number of hydrogen-bond acceptors (Lipinski definition) is 2. The van der Waals surface area contributed by atoms with Gasteiger partial charge >= 0.3 is 0 Å². The van der Waals surface area contributed by atoms with E-state index >= 15 is 0 Å². The third-order valence-electron chi connectivity index (χ3n) is 4.71. The number of likely N-dealkylation sites (tertiary alicyclic amines) is 2. The fraction of sp³-hybridized carbons (Fsp3) is 0.588. The molecule has 1 aromatic carbocycles. The van der Waals surface area contributed by atoms with Crippen molar-refractivity contribution < 1.29 is 13.6 Å². The van der Waals surface area contributed by atoms with Gasteiger partial charge in [-0.1, -0.05) is 12.5 Å². The Balaban J connectivity index is 1.61. The Hall–Kier alpha value is -1.49. The molecule has 5 heteroatoms. The molecule has 120 valence electrons. The van der Waals surface area contributed by atoms with Crippen LogP contribution in [0, 0.1) is 17.6 Å². The van der Waals surface area contributed by atoms with Crippen molar-refractivity contribution in [1.29, 1.82) is 0 Å². The Morgan fingerprint density at radius 3 is 2.45 bits per heavy atom. The van der Waals surface area contributed by atoms with Crippen LogP contribution in [-0.2, 0) is 0 Å². The lowest BCUT2D eigenvalue weighted by Gasteiger charge is -2.29. The first kappa shape index (κ1) is 15.4. The molecule has 0 spiro atoms. The molecule has 0 radical (unpaired) electrons. The highest BCUT2D eigenvalue weighted by Gasteiger charge is 2.31. The average Bonchev–Trinajstić information content (AvgIpc) is 2.96. The van der Waals surface area contributed by atoms with Crippen molar-refractivity contribution >= 4 is 5.91 Å². The van der Waals surface area contributed by atoms with Gasteiger partial charge in [0, 0.05) is 19.6 Å². The molecule has 2 heterocycles. The number of nitrogens with zero attached hydrogens (tertiary/aromatic N) is 2. The maximum absolute atomic E-state index is 13.7. The van der Waals surface area contributed by atoms with Gasteiger partial charge in [0.15, 0.2) is 0 Å². The smallest absolute Gasteiger partial charge is 0.259 e. The number of piperidine rings is 1. The van der Waals surface area contributed by atoms with Gasteiger partial charge in [-0.15, -0.1) is 0 Å².